The van der Waals surface area contributed by atoms with Gasteiger partial charge in [-0.15, -0.1) is 23.1 Å². The smallest absolute Gasteiger partial charge is 0.352 e. The highest BCUT2D eigenvalue weighted by Crippen LogP contribution is 2.45. The average Bonchev–Trinajstić information content (AvgIpc) is 3.52. The van der Waals surface area contributed by atoms with Gasteiger partial charge in [0.05, 0.1) is 11.3 Å². The Morgan fingerprint density at radius 2 is 1.92 bits per heavy atom. The number of nitrogens with zero attached hydrogens (tertiary/aromatic N) is 5. The summed E-state index contributed by atoms with van der Waals surface area (Å²) in [5, 5.41) is 46.5. The third-order valence-electron chi connectivity index (χ3n) is 8.16. The number of carbonyl (C=O) groups is 5. The van der Waals surface area contributed by atoms with Gasteiger partial charge in [-0.25, -0.2) is 19.1 Å². The molecule has 52 heavy (non-hydrogen) atoms. The Hall–Kier alpha value is -5.76. The molecule has 2 aliphatic heterocycles. The fourth-order valence-corrected chi connectivity index (χ4v) is 7.25. The fraction of sp³-hybridized carbons (Fsp3) is 0.344. The van der Waals surface area contributed by atoms with Gasteiger partial charge in [-0.1, -0.05) is 5.16 Å². The second-order valence-electron chi connectivity index (χ2n) is 12.3. The maximum absolute atomic E-state index is 13.5. The van der Waals surface area contributed by atoms with E-state index < -0.39 is 40.5 Å². The minimum absolute atomic E-state index is 0.0497. The Labute approximate surface area is 303 Å². The summed E-state index contributed by atoms with van der Waals surface area (Å²) in [6.07, 6.45) is 3.23. The first-order chi connectivity index (χ1) is 24.6. The van der Waals surface area contributed by atoms with Gasteiger partial charge in [-0.3, -0.25) is 19.3 Å². The van der Waals surface area contributed by atoms with Gasteiger partial charge in [-0.2, -0.15) is 0 Å². The molecule has 1 amide bonds. The minimum Gasteiger partial charge on any atom is -0.504 e. The number of nitrogens with one attached hydrogen (secondary N) is 1. The molecule has 9 N–H and O–H groups in total. The van der Waals surface area contributed by atoms with Gasteiger partial charge >= 0.3 is 11.9 Å². The fourth-order valence-electron chi connectivity index (χ4n) is 5.30. The summed E-state index contributed by atoms with van der Waals surface area (Å²) in [5.74, 6) is -5.34. The Morgan fingerprint density at radius 3 is 2.58 bits per heavy atom. The van der Waals surface area contributed by atoms with E-state index in [2.05, 4.69) is 20.4 Å². The van der Waals surface area contributed by atoms with Crippen LogP contribution < -0.4 is 21.4 Å². The number of aromatic nitrogens is 3. The molecule has 2 atom stereocenters. The lowest BCUT2D eigenvalue weighted by molar-refractivity contribution is -0.691. The van der Waals surface area contributed by atoms with Crippen molar-refractivity contribution in [3.05, 3.63) is 58.6 Å². The van der Waals surface area contributed by atoms with Crippen LogP contribution in [0.3, 0.4) is 0 Å². The number of Topliss-reactive ketones (excluding diaryl/α,β-unsaturated/α-hetero) is 2. The highest BCUT2D eigenvalue weighted by molar-refractivity contribution is 8.00. The van der Waals surface area contributed by atoms with E-state index in [0.717, 1.165) is 16.2 Å². The van der Waals surface area contributed by atoms with Gasteiger partial charge < -0.3 is 42.0 Å². The summed E-state index contributed by atoms with van der Waals surface area (Å²) < 4.78 is 1.61. The molecule has 1 fully saturated rings. The summed E-state index contributed by atoms with van der Waals surface area (Å²) in [6.45, 7) is 2.88. The zero-order chi connectivity index (χ0) is 37.9. The van der Waals surface area contributed by atoms with Crippen LogP contribution in [0.25, 0.3) is 0 Å². The Morgan fingerprint density at radius 1 is 1.17 bits per heavy atom. The van der Waals surface area contributed by atoms with Crippen LogP contribution in [0.15, 0.2) is 52.5 Å². The summed E-state index contributed by atoms with van der Waals surface area (Å²) in [4.78, 5) is 77.9. The number of nitrogen functional groups attached to an aromatic ring is 2. The number of nitrogens with two attached hydrogens (primary N) is 2. The zero-order valence-corrected chi connectivity index (χ0v) is 29.4. The zero-order valence-electron chi connectivity index (χ0n) is 27.8. The number of aromatic hydroxyl groups is 2. The van der Waals surface area contributed by atoms with Gasteiger partial charge in [-0.05, 0) is 43.5 Å². The average molecular weight is 756 g/mol. The molecule has 20 heteroatoms. The van der Waals surface area contributed by atoms with Crippen LogP contribution >= 0.6 is 23.1 Å². The van der Waals surface area contributed by atoms with Gasteiger partial charge in [0.2, 0.25) is 11.5 Å². The van der Waals surface area contributed by atoms with Crippen molar-refractivity contribution in [3.8, 4) is 11.5 Å². The lowest BCUT2D eigenvalue weighted by atomic mass is 9.89. The molecule has 2 aromatic heterocycles. The molecule has 1 aromatic carbocycles. The predicted octanol–water partition coefficient (Wildman–Crippen LogP) is 1.59. The second-order valence-corrected chi connectivity index (χ2v) is 14.3. The van der Waals surface area contributed by atoms with Crippen LogP contribution in [0.5, 0.6) is 11.5 Å². The maximum Gasteiger partial charge on any atom is 0.352 e. The summed E-state index contributed by atoms with van der Waals surface area (Å²) in [5.41, 5.74) is 10.6. The van der Waals surface area contributed by atoms with E-state index in [1.54, 1.807) is 10.8 Å². The van der Waals surface area contributed by atoms with E-state index in [0.29, 0.717) is 24.2 Å². The SMILES string of the molecule is CC(C)(O/N=C(\C(=O)C[C@@H]1C(=O)N2C(C(=O)O)=C(C[n+]3cnc(N)c(NCCCC(=O)c4ccc(O)c(O)c4)c3)CSC12)c1csc(N)n1)C(=O)O. The van der Waals surface area contributed by atoms with Crippen LogP contribution in [0, 0.1) is 5.92 Å². The Bertz CT molecular complexity index is 2010. The van der Waals surface area contributed by atoms with E-state index in [9.17, 15) is 44.4 Å². The number of benzene rings is 1. The van der Waals surface area contributed by atoms with Crippen molar-refractivity contribution in [1.82, 2.24) is 14.9 Å². The number of carboxylic acid groups (broad SMARTS) is 2. The number of aliphatic carboxylic acids is 2. The van der Waals surface area contributed by atoms with Crippen LogP contribution in [0.4, 0.5) is 16.6 Å². The molecule has 0 radical (unpaired) electrons. The highest BCUT2D eigenvalue weighted by atomic mass is 32.2. The van der Waals surface area contributed by atoms with E-state index in [-0.39, 0.29) is 76.0 Å². The number of thiazole rings is 1. The number of oxime groups is 1. The molecule has 4 heterocycles. The topological polar surface area (TPSA) is 285 Å². The van der Waals surface area contributed by atoms with Crippen molar-refractivity contribution in [3.63, 3.8) is 0 Å². The summed E-state index contributed by atoms with van der Waals surface area (Å²) in [7, 11) is 0. The van der Waals surface area contributed by atoms with E-state index in [1.807, 2.05) is 0 Å². The normalized spacial score (nSPS) is 17.3. The number of ketones is 2. The van der Waals surface area contributed by atoms with Crippen LogP contribution in [-0.2, 0) is 30.6 Å². The molecule has 1 unspecified atom stereocenters. The molecule has 1 saturated heterocycles. The molecule has 2 aliphatic rings. The molecule has 3 aromatic rings. The molecule has 18 nitrogen and oxygen atoms in total. The first-order valence-corrected chi connectivity index (χ1v) is 17.6. The largest absolute Gasteiger partial charge is 0.504 e. The quantitative estimate of drug-likeness (QED) is 0.0208. The molecule has 0 spiro atoms. The number of carbonyl (C=O) groups excluding carboxylic acids is 3. The first kappa shape index (κ1) is 37.5. The number of amides is 1. The monoisotopic (exact) mass is 755 g/mol. The Kier molecular flexibility index (Phi) is 11.0. The first-order valence-electron chi connectivity index (χ1n) is 15.6. The molecule has 0 aliphatic carbocycles. The van der Waals surface area contributed by atoms with Crippen molar-refractivity contribution in [1.29, 1.82) is 0 Å². The number of phenols is 2. The number of phenolic OH excluding ortho intramolecular Hbond substituents is 2. The molecular formula is C32H35N8O10S2+. The van der Waals surface area contributed by atoms with E-state index in [1.165, 1.54) is 55.5 Å². The van der Waals surface area contributed by atoms with Crippen LogP contribution in [0.1, 0.15) is 49.2 Å². The van der Waals surface area contributed by atoms with Crippen molar-refractivity contribution in [2.24, 2.45) is 11.1 Å². The van der Waals surface area contributed by atoms with Crippen molar-refractivity contribution in [2.45, 2.75) is 50.6 Å². The van der Waals surface area contributed by atoms with Crippen molar-refractivity contribution >= 4 is 74.9 Å². The van der Waals surface area contributed by atoms with E-state index >= 15 is 0 Å². The third kappa shape index (κ3) is 8.07. The number of hydrogen-bond donors (Lipinski definition) is 7. The molecule has 0 bridgehead atoms. The molecule has 274 valence electrons. The summed E-state index contributed by atoms with van der Waals surface area (Å²) >= 11 is 2.32. The molecule has 0 saturated carbocycles. The van der Waals surface area contributed by atoms with Gasteiger partial charge in [0.15, 0.2) is 33.9 Å². The van der Waals surface area contributed by atoms with Gasteiger partial charge in [0.25, 0.3) is 12.1 Å². The van der Waals surface area contributed by atoms with Gasteiger partial charge in [0, 0.05) is 41.7 Å². The standard InChI is InChI=1S/C32H34N8O10S2/c1-32(2,30(48)49)50-38-24(19-13-52-31(34)37-19)23(44)9-17-27(45)40-25(29(46)47)16(12-51-28(17)40)10-39-11-18(26(33)36-14-39)35-7-3-4-20(41)15-5-6-21(42)22(43)8-15/h5-6,8,11,13-14,17,28,33,35H,3-4,7,9-10,12H2,1-2H3,(H6,34,37,38,41,42,43,44,46,47,48,49)/p+1/t17-,28?/m1/s1. The number of hydrogen-bond acceptors (Lipinski definition) is 16. The maximum atomic E-state index is 13.5. The van der Waals surface area contributed by atoms with Crippen molar-refractivity contribution in [2.75, 3.05) is 29.1 Å². The molecular weight excluding hydrogens is 721 g/mol. The van der Waals surface area contributed by atoms with Crippen LogP contribution in [0.2, 0.25) is 0 Å². The number of rotatable bonds is 16. The van der Waals surface area contributed by atoms with Crippen LogP contribution in [-0.4, -0.2) is 93.7 Å². The minimum atomic E-state index is -1.77. The number of carboxylic acids is 2. The number of β-lactam (4-membered cyclic amide) rings is 1. The number of thioether (sulfide) groups is 1. The van der Waals surface area contributed by atoms with Crippen molar-refractivity contribution < 1.29 is 53.8 Å². The predicted molar refractivity (Wildman–Crippen MR) is 187 cm³/mol. The second kappa shape index (κ2) is 15.2. The lowest BCUT2D eigenvalue weighted by Crippen LogP contribution is -2.62. The van der Waals surface area contributed by atoms with E-state index in [4.69, 9.17) is 16.3 Å². The third-order valence-corrected chi connectivity index (χ3v) is 10.2. The number of fused-ring (bicyclic) bond motifs is 1. The van der Waals surface area contributed by atoms with Gasteiger partial charge in [0.1, 0.15) is 29.8 Å². The summed E-state index contributed by atoms with van der Waals surface area (Å²) in [6, 6.07) is 3.85. The Balaban J connectivity index is 1.25. The lowest BCUT2D eigenvalue weighted by Gasteiger charge is -2.49. The molecule has 5 rings (SSSR count). The highest BCUT2D eigenvalue weighted by Gasteiger charge is 2.54. The number of anilines is 3.